The molecule has 0 saturated carbocycles. The Balaban J connectivity index is 1.58. The molecule has 0 unspecified atom stereocenters. The number of halogens is 3. The Kier molecular flexibility index (Phi) is 5.74. The SMILES string of the molecule is Cn1nc(C(=O)N2CCN(S(=O)(=O)c3ccccc3C(F)(F)F)CC2)c2ccccc2c1=O. The molecule has 174 valence electrons. The van der Waals surface area contributed by atoms with E-state index in [0.29, 0.717) is 10.8 Å². The molecule has 33 heavy (non-hydrogen) atoms. The summed E-state index contributed by atoms with van der Waals surface area (Å²) in [6.07, 6.45) is -4.82. The number of aromatic nitrogens is 2. The zero-order chi connectivity index (χ0) is 24.0. The van der Waals surface area contributed by atoms with Gasteiger partial charge >= 0.3 is 6.18 Å². The first kappa shape index (κ1) is 22.9. The maximum atomic E-state index is 13.3. The van der Waals surface area contributed by atoms with E-state index in [2.05, 4.69) is 5.10 Å². The molecule has 1 aliphatic rings. The quantitative estimate of drug-likeness (QED) is 0.573. The van der Waals surface area contributed by atoms with Crippen molar-refractivity contribution in [3.05, 3.63) is 70.1 Å². The average Bonchev–Trinajstić information content (AvgIpc) is 2.80. The second kappa shape index (κ2) is 8.27. The zero-order valence-corrected chi connectivity index (χ0v) is 18.2. The number of hydrogen-bond donors (Lipinski definition) is 0. The van der Waals surface area contributed by atoms with Crippen molar-refractivity contribution in [3.63, 3.8) is 0 Å². The van der Waals surface area contributed by atoms with Crippen LogP contribution in [-0.4, -0.2) is 59.5 Å². The molecule has 0 atom stereocenters. The average molecular weight is 480 g/mol. The van der Waals surface area contributed by atoms with Crippen LogP contribution < -0.4 is 5.56 Å². The van der Waals surface area contributed by atoms with Gasteiger partial charge in [0.1, 0.15) is 0 Å². The molecule has 0 aliphatic carbocycles. The molecule has 1 fully saturated rings. The Morgan fingerprint density at radius 1 is 0.939 bits per heavy atom. The third kappa shape index (κ3) is 4.11. The summed E-state index contributed by atoms with van der Waals surface area (Å²) in [7, 11) is -3.00. The van der Waals surface area contributed by atoms with E-state index < -0.39 is 32.6 Å². The molecule has 0 N–H and O–H groups in total. The van der Waals surface area contributed by atoms with Gasteiger partial charge in [-0.2, -0.15) is 22.6 Å². The molecule has 1 aromatic heterocycles. The third-order valence-corrected chi connectivity index (χ3v) is 7.45. The van der Waals surface area contributed by atoms with Crippen molar-refractivity contribution >= 4 is 26.7 Å². The van der Waals surface area contributed by atoms with Crippen molar-refractivity contribution < 1.29 is 26.4 Å². The summed E-state index contributed by atoms with van der Waals surface area (Å²) in [5.74, 6) is -0.491. The van der Waals surface area contributed by atoms with Crippen LogP contribution in [0.5, 0.6) is 0 Å². The van der Waals surface area contributed by atoms with Crippen LogP contribution in [0.15, 0.2) is 58.2 Å². The van der Waals surface area contributed by atoms with Gasteiger partial charge in [-0.05, 0) is 18.2 Å². The summed E-state index contributed by atoms with van der Waals surface area (Å²) in [6.45, 7) is -0.426. The third-order valence-electron chi connectivity index (χ3n) is 5.50. The van der Waals surface area contributed by atoms with Crippen molar-refractivity contribution in [2.45, 2.75) is 11.1 Å². The van der Waals surface area contributed by atoms with Crippen LogP contribution in [0.4, 0.5) is 13.2 Å². The van der Waals surface area contributed by atoms with Gasteiger partial charge in [0.2, 0.25) is 10.0 Å². The largest absolute Gasteiger partial charge is 0.417 e. The molecule has 2 aromatic carbocycles. The van der Waals surface area contributed by atoms with Crippen LogP contribution in [0.2, 0.25) is 0 Å². The molecule has 0 radical (unpaired) electrons. The van der Waals surface area contributed by atoms with Crippen molar-refractivity contribution in [2.24, 2.45) is 7.05 Å². The molecule has 8 nitrogen and oxygen atoms in total. The number of carbonyl (C=O) groups is 1. The Morgan fingerprint density at radius 3 is 2.15 bits per heavy atom. The molecule has 1 saturated heterocycles. The van der Waals surface area contributed by atoms with E-state index in [4.69, 9.17) is 0 Å². The Bertz CT molecular complexity index is 1390. The fraction of sp³-hybridized carbons (Fsp3) is 0.286. The first-order valence-corrected chi connectivity index (χ1v) is 11.4. The lowest BCUT2D eigenvalue weighted by molar-refractivity contribution is -0.139. The van der Waals surface area contributed by atoms with Gasteiger partial charge in [0.15, 0.2) is 5.69 Å². The van der Waals surface area contributed by atoms with E-state index in [1.54, 1.807) is 24.3 Å². The van der Waals surface area contributed by atoms with Gasteiger partial charge in [-0.1, -0.05) is 30.3 Å². The van der Waals surface area contributed by atoms with Crippen molar-refractivity contribution in [3.8, 4) is 0 Å². The predicted octanol–water partition coefficient (Wildman–Crippen LogP) is 2.10. The molecule has 4 rings (SSSR count). The second-order valence-electron chi connectivity index (χ2n) is 7.51. The van der Waals surface area contributed by atoms with E-state index in [9.17, 15) is 31.2 Å². The zero-order valence-electron chi connectivity index (χ0n) is 17.4. The van der Waals surface area contributed by atoms with Gasteiger partial charge in [-0.15, -0.1) is 0 Å². The van der Waals surface area contributed by atoms with Gasteiger partial charge in [-0.3, -0.25) is 9.59 Å². The number of alkyl halides is 3. The highest BCUT2D eigenvalue weighted by molar-refractivity contribution is 7.89. The highest BCUT2D eigenvalue weighted by atomic mass is 32.2. The predicted molar refractivity (Wildman–Crippen MR) is 113 cm³/mol. The minimum atomic E-state index is -4.82. The van der Waals surface area contributed by atoms with Crippen LogP contribution in [0.25, 0.3) is 10.8 Å². The molecule has 0 bridgehead atoms. The first-order chi connectivity index (χ1) is 15.5. The van der Waals surface area contributed by atoms with Crippen molar-refractivity contribution in [1.29, 1.82) is 0 Å². The number of piperazine rings is 1. The summed E-state index contributed by atoms with van der Waals surface area (Å²) in [5.41, 5.74) is -1.54. The van der Waals surface area contributed by atoms with Crippen LogP contribution >= 0.6 is 0 Å². The molecular weight excluding hydrogens is 461 g/mol. The molecule has 2 heterocycles. The molecule has 3 aromatic rings. The number of benzene rings is 2. The lowest BCUT2D eigenvalue weighted by Crippen LogP contribution is -2.51. The Hall–Kier alpha value is -3.25. The molecule has 1 amide bonds. The number of rotatable bonds is 3. The lowest BCUT2D eigenvalue weighted by atomic mass is 10.1. The number of sulfonamides is 1. The van der Waals surface area contributed by atoms with E-state index in [0.717, 1.165) is 27.2 Å². The Labute approximate surface area is 186 Å². The number of nitrogens with zero attached hydrogens (tertiary/aromatic N) is 4. The maximum absolute atomic E-state index is 13.3. The first-order valence-electron chi connectivity index (χ1n) is 9.93. The summed E-state index contributed by atoms with van der Waals surface area (Å²) in [5, 5.41) is 4.78. The van der Waals surface area contributed by atoms with Crippen LogP contribution in [0, 0.1) is 0 Å². The van der Waals surface area contributed by atoms with E-state index in [1.165, 1.54) is 18.0 Å². The summed E-state index contributed by atoms with van der Waals surface area (Å²) in [4.78, 5) is 26.0. The van der Waals surface area contributed by atoms with Crippen LogP contribution in [-0.2, 0) is 23.2 Å². The topological polar surface area (TPSA) is 92.6 Å². The van der Waals surface area contributed by atoms with Gasteiger partial charge < -0.3 is 4.90 Å². The summed E-state index contributed by atoms with van der Waals surface area (Å²) in [6, 6.07) is 10.5. The molecule has 0 spiro atoms. The fourth-order valence-electron chi connectivity index (χ4n) is 3.80. The maximum Gasteiger partial charge on any atom is 0.417 e. The summed E-state index contributed by atoms with van der Waals surface area (Å²) < 4.78 is 67.8. The van der Waals surface area contributed by atoms with E-state index in [-0.39, 0.29) is 37.4 Å². The number of fused-ring (bicyclic) bond motifs is 1. The molecular formula is C21H19F3N4O4S. The van der Waals surface area contributed by atoms with Crippen LogP contribution in [0.3, 0.4) is 0 Å². The van der Waals surface area contributed by atoms with E-state index in [1.807, 2.05) is 0 Å². The highest BCUT2D eigenvalue weighted by Crippen LogP contribution is 2.35. The minimum absolute atomic E-state index is 0.0366. The number of hydrogen-bond acceptors (Lipinski definition) is 5. The Morgan fingerprint density at radius 2 is 1.52 bits per heavy atom. The number of aryl methyl sites for hydroxylation is 1. The molecule has 1 aliphatic heterocycles. The lowest BCUT2D eigenvalue weighted by Gasteiger charge is -2.34. The number of amides is 1. The highest BCUT2D eigenvalue weighted by Gasteiger charge is 2.40. The summed E-state index contributed by atoms with van der Waals surface area (Å²) >= 11 is 0. The standard InChI is InChI=1S/C21H19F3N4O4S/c1-26-19(29)15-7-3-2-6-14(15)18(25-26)20(30)27-10-12-28(13-11-27)33(31,32)17-9-5-4-8-16(17)21(22,23)24/h2-9H,10-13H2,1H3. The van der Waals surface area contributed by atoms with Gasteiger partial charge in [0.05, 0.1) is 15.8 Å². The fourth-order valence-corrected chi connectivity index (χ4v) is 5.44. The normalized spacial score (nSPS) is 15.7. The minimum Gasteiger partial charge on any atom is -0.335 e. The van der Waals surface area contributed by atoms with Gasteiger partial charge in [0.25, 0.3) is 11.5 Å². The second-order valence-corrected chi connectivity index (χ2v) is 9.42. The monoisotopic (exact) mass is 480 g/mol. The number of carbonyl (C=O) groups excluding carboxylic acids is 1. The van der Waals surface area contributed by atoms with E-state index >= 15 is 0 Å². The van der Waals surface area contributed by atoms with Crippen LogP contribution in [0.1, 0.15) is 16.1 Å². The van der Waals surface area contributed by atoms with Crippen molar-refractivity contribution in [2.75, 3.05) is 26.2 Å². The molecule has 12 heteroatoms. The smallest absolute Gasteiger partial charge is 0.335 e. The van der Waals surface area contributed by atoms with Crippen molar-refractivity contribution in [1.82, 2.24) is 19.0 Å². The van der Waals surface area contributed by atoms with Gasteiger partial charge in [-0.25, -0.2) is 13.1 Å². The van der Waals surface area contributed by atoms with Gasteiger partial charge in [0, 0.05) is 38.6 Å².